The Labute approximate surface area is 189 Å². The molecule has 0 aromatic heterocycles. The number of aliphatic hydroxyl groups excluding tert-OH is 2. The van der Waals surface area contributed by atoms with Gasteiger partial charge in [-0.05, 0) is 42.0 Å². The van der Waals surface area contributed by atoms with Gasteiger partial charge in [0.2, 0.25) is 10.0 Å². The Morgan fingerprint density at radius 3 is 2.16 bits per heavy atom. The SMILES string of the molecule is CC(C)CN(C[C@H](O)[C@H](Cc1ccccc1)NC(=O)O)S(=O)(=O)c1ccc(CCO)cc1. The van der Waals surface area contributed by atoms with Crippen molar-refractivity contribution >= 4 is 16.1 Å². The second-order valence-electron chi connectivity index (χ2n) is 8.15. The van der Waals surface area contributed by atoms with Gasteiger partial charge in [-0.1, -0.05) is 56.3 Å². The van der Waals surface area contributed by atoms with Gasteiger partial charge < -0.3 is 20.6 Å². The number of amides is 1. The van der Waals surface area contributed by atoms with Crippen LogP contribution < -0.4 is 5.32 Å². The highest BCUT2D eigenvalue weighted by Gasteiger charge is 2.31. The minimum absolute atomic E-state index is 0.00866. The Balaban J connectivity index is 2.26. The van der Waals surface area contributed by atoms with Crippen LogP contribution in [0.25, 0.3) is 0 Å². The van der Waals surface area contributed by atoms with E-state index in [2.05, 4.69) is 5.32 Å². The first-order chi connectivity index (χ1) is 15.1. The second kappa shape index (κ2) is 12.0. The molecule has 2 atom stereocenters. The van der Waals surface area contributed by atoms with Crippen LogP contribution >= 0.6 is 0 Å². The normalized spacial score (nSPS) is 13.8. The molecule has 4 N–H and O–H groups in total. The van der Waals surface area contributed by atoms with Crippen LogP contribution in [0.4, 0.5) is 4.79 Å². The zero-order chi connectivity index (χ0) is 23.7. The number of nitrogens with zero attached hydrogens (tertiary/aromatic N) is 1. The van der Waals surface area contributed by atoms with Gasteiger partial charge in [-0.25, -0.2) is 13.2 Å². The van der Waals surface area contributed by atoms with Crippen LogP contribution in [-0.2, 0) is 22.9 Å². The highest BCUT2D eigenvalue weighted by molar-refractivity contribution is 7.89. The van der Waals surface area contributed by atoms with E-state index in [-0.39, 0.29) is 36.9 Å². The average Bonchev–Trinajstić information content (AvgIpc) is 2.73. The Morgan fingerprint density at radius 2 is 1.62 bits per heavy atom. The lowest BCUT2D eigenvalue weighted by molar-refractivity contribution is 0.0980. The summed E-state index contributed by atoms with van der Waals surface area (Å²) in [5, 5.41) is 31.5. The van der Waals surface area contributed by atoms with Crippen molar-refractivity contribution in [2.45, 2.75) is 43.7 Å². The van der Waals surface area contributed by atoms with E-state index in [1.54, 1.807) is 12.1 Å². The van der Waals surface area contributed by atoms with E-state index < -0.39 is 28.3 Å². The average molecular weight is 465 g/mol. The van der Waals surface area contributed by atoms with Crippen molar-refractivity contribution in [1.29, 1.82) is 0 Å². The van der Waals surface area contributed by atoms with E-state index in [1.807, 2.05) is 44.2 Å². The maximum Gasteiger partial charge on any atom is 0.404 e. The molecule has 8 nitrogen and oxygen atoms in total. The number of hydrogen-bond acceptors (Lipinski definition) is 5. The summed E-state index contributed by atoms with van der Waals surface area (Å²) in [4.78, 5) is 11.4. The molecule has 0 saturated carbocycles. The van der Waals surface area contributed by atoms with Crippen molar-refractivity contribution in [2.24, 2.45) is 5.92 Å². The van der Waals surface area contributed by atoms with E-state index in [0.29, 0.717) is 6.42 Å². The molecule has 2 aromatic rings. The van der Waals surface area contributed by atoms with E-state index in [1.165, 1.54) is 16.4 Å². The molecule has 9 heteroatoms. The fourth-order valence-corrected chi connectivity index (χ4v) is 5.05. The predicted molar refractivity (Wildman–Crippen MR) is 122 cm³/mol. The Bertz CT molecular complexity index is 948. The lowest BCUT2D eigenvalue weighted by atomic mass is 10.0. The van der Waals surface area contributed by atoms with Crippen LogP contribution in [0.5, 0.6) is 0 Å². The highest BCUT2D eigenvalue weighted by atomic mass is 32.2. The van der Waals surface area contributed by atoms with E-state index in [0.717, 1.165) is 11.1 Å². The number of carbonyl (C=O) groups is 1. The summed E-state index contributed by atoms with van der Waals surface area (Å²) in [6, 6.07) is 14.5. The lowest BCUT2D eigenvalue weighted by Crippen LogP contribution is -2.50. The predicted octanol–water partition coefficient (Wildman–Crippen LogP) is 2.11. The first-order valence-corrected chi connectivity index (χ1v) is 12.0. The van der Waals surface area contributed by atoms with Gasteiger partial charge in [0.1, 0.15) is 0 Å². The summed E-state index contributed by atoms with van der Waals surface area (Å²) in [5.41, 5.74) is 1.64. The first-order valence-electron chi connectivity index (χ1n) is 10.5. The van der Waals surface area contributed by atoms with Crippen molar-refractivity contribution < 1.29 is 28.5 Å². The maximum atomic E-state index is 13.3. The fraction of sp³-hybridized carbons (Fsp3) is 0.435. The molecule has 176 valence electrons. The summed E-state index contributed by atoms with van der Waals surface area (Å²) in [6.45, 7) is 3.63. The number of carboxylic acid groups (broad SMARTS) is 1. The summed E-state index contributed by atoms with van der Waals surface area (Å²) in [5.74, 6) is -0.00866. The molecule has 0 bridgehead atoms. The van der Waals surface area contributed by atoms with Gasteiger partial charge in [0.25, 0.3) is 0 Å². The van der Waals surface area contributed by atoms with E-state index in [4.69, 9.17) is 5.11 Å². The molecule has 32 heavy (non-hydrogen) atoms. The molecular formula is C23H32N2O6S. The van der Waals surface area contributed by atoms with Crippen molar-refractivity contribution in [3.63, 3.8) is 0 Å². The molecule has 1 amide bonds. The van der Waals surface area contributed by atoms with Gasteiger partial charge in [0, 0.05) is 19.7 Å². The van der Waals surface area contributed by atoms with Crippen LogP contribution in [0.1, 0.15) is 25.0 Å². The highest BCUT2D eigenvalue weighted by Crippen LogP contribution is 2.20. The number of nitrogens with one attached hydrogen (secondary N) is 1. The number of hydrogen-bond donors (Lipinski definition) is 4. The topological polar surface area (TPSA) is 127 Å². The Morgan fingerprint density at radius 1 is 1.00 bits per heavy atom. The van der Waals surface area contributed by atoms with Crippen molar-refractivity contribution in [1.82, 2.24) is 9.62 Å². The zero-order valence-corrected chi connectivity index (χ0v) is 19.2. The van der Waals surface area contributed by atoms with Crippen LogP contribution in [0.3, 0.4) is 0 Å². The third-order valence-electron chi connectivity index (χ3n) is 4.99. The minimum atomic E-state index is -3.92. The molecular weight excluding hydrogens is 432 g/mol. The number of rotatable bonds is 12. The molecule has 0 aliphatic carbocycles. The number of aliphatic hydroxyl groups is 2. The molecule has 2 aromatic carbocycles. The largest absolute Gasteiger partial charge is 0.465 e. The Hall–Kier alpha value is -2.46. The summed E-state index contributed by atoms with van der Waals surface area (Å²) < 4.78 is 27.8. The minimum Gasteiger partial charge on any atom is -0.465 e. The molecule has 0 aliphatic heterocycles. The molecule has 0 heterocycles. The van der Waals surface area contributed by atoms with Crippen LogP contribution in [0, 0.1) is 5.92 Å². The quantitative estimate of drug-likeness (QED) is 0.381. The number of benzene rings is 2. The van der Waals surface area contributed by atoms with Crippen molar-refractivity contribution in [3.8, 4) is 0 Å². The smallest absolute Gasteiger partial charge is 0.404 e. The van der Waals surface area contributed by atoms with E-state index in [9.17, 15) is 23.4 Å². The van der Waals surface area contributed by atoms with Gasteiger partial charge in [-0.3, -0.25) is 0 Å². The van der Waals surface area contributed by atoms with Crippen molar-refractivity contribution in [2.75, 3.05) is 19.7 Å². The molecule has 2 rings (SSSR count). The molecule has 0 unspecified atom stereocenters. The van der Waals surface area contributed by atoms with Gasteiger partial charge >= 0.3 is 6.09 Å². The van der Waals surface area contributed by atoms with Gasteiger partial charge in [-0.2, -0.15) is 4.31 Å². The molecule has 0 spiro atoms. The fourth-order valence-electron chi connectivity index (χ4n) is 3.43. The third-order valence-corrected chi connectivity index (χ3v) is 6.84. The van der Waals surface area contributed by atoms with E-state index >= 15 is 0 Å². The van der Waals surface area contributed by atoms with Gasteiger partial charge in [-0.15, -0.1) is 0 Å². The Kier molecular flexibility index (Phi) is 9.64. The second-order valence-corrected chi connectivity index (χ2v) is 10.1. The summed E-state index contributed by atoms with van der Waals surface area (Å²) in [7, 11) is -3.92. The van der Waals surface area contributed by atoms with Gasteiger partial charge in [0.05, 0.1) is 17.0 Å². The zero-order valence-electron chi connectivity index (χ0n) is 18.4. The van der Waals surface area contributed by atoms with Crippen LogP contribution in [0.2, 0.25) is 0 Å². The summed E-state index contributed by atoms with van der Waals surface area (Å²) in [6.07, 6.45) is -1.90. The van der Waals surface area contributed by atoms with Crippen molar-refractivity contribution in [3.05, 3.63) is 65.7 Å². The lowest BCUT2D eigenvalue weighted by Gasteiger charge is -2.30. The van der Waals surface area contributed by atoms with Crippen LogP contribution in [-0.4, -0.2) is 66.0 Å². The molecule has 0 fully saturated rings. The van der Waals surface area contributed by atoms with Gasteiger partial charge in [0.15, 0.2) is 0 Å². The standard InChI is InChI=1S/C23H32N2O6S/c1-17(2)15-25(32(30,31)20-10-8-18(9-11-20)12-13-26)16-22(27)21(24-23(28)29)14-19-6-4-3-5-7-19/h3-11,17,21-22,24,26-27H,12-16H2,1-2H3,(H,28,29)/t21-,22-/m0/s1. The molecule has 0 aliphatic rings. The molecule has 0 radical (unpaired) electrons. The summed E-state index contributed by atoms with van der Waals surface area (Å²) >= 11 is 0. The molecule has 0 saturated heterocycles. The number of sulfonamides is 1. The maximum absolute atomic E-state index is 13.3. The monoisotopic (exact) mass is 464 g/mol. The first kappa shape index (κ1) is 25.8. The third kappa shape index (κ3) is 7.59. The van der Waals surface area contributed by atoms with Crippen LogP contribution in [0.15, 0.2) is 59.5 Å².